The van der Waals surface area contributed by atoms with E-state index in [2.05, 4.69) is 0 Å². The Morgan fingerprint density at radius 2 is 1.71 bits per heavy atom. The van der Waals surface area contributed by atoms with Crippen LogP contribution in [0.15, 0.2) is 0 Å². The first-order valence-electron chi connectivity index (χ1n) is 4.86. The lowest BCUT2D eigenvalue weighted by Gasteiger charge is -2.20. The maximum atomic E-state index is 9.33. The molecule has 0 amide bonds. The second-order valence-electron chi connectivity index (χ2n) is 3.55. The highest BCUT2D eigenvalue weighted by Gasteiger charge is 2.09. The Morgan fingerprint density at radius 3 is 2.21 bits per heavy atom. The average molecular weight is 207 g/mol. The van der Waals surface area contributed by atoms with Crippen LogP contribution in [0.1, 0.15) is 12.8 Å². The number of hydrogen-bond acceptors (Lipinski definition) is 5. The smallest absolute Gasteiger partial charge is 0.0783 e. The summed E-state index contributed by atoms with van der Waals surface area (Å²) in [5.74, 6) is 0. The molecular weight excluding hydrogens is 186 g/mol. The average Bonchev–Trinajstić information content (AvgIpc) is 2.14. The molecule has 0 aromatic rings. The van der Waals surface area contributed by atoms with Gasteiger partial charge in [0.05, 0.1) is 18.8 Å². The summed E-state index contributed by atoms with van der Waals surface area (Å²) in [6.45, 7) is 0.838. The third-order valence-corrected chi connectivity index (χ3v) is 2.04. The van der Waals surface area contributed by atoms with Crippen LogP contribution < -0.4 is 0 Å². The van der Waals surface area contributed by atoms with Crippen molar-refractivity contribution < 1.29 is 20.4 Å². The minimum atomic E-state index is -0.688. The summed E-state index contributed by atoms with van der Waals surface area (Å²) in [5, 5.41) is 35.5. The van der Waals surface area contributed by atoms with E-state index in [1.54, 1.807) is 0 Å². The van der Waals surface area contributed by atoms with E-state index in [4.69, 9.17) is 15.3 Å². The fourth-order valence-corrected chi connectivity index (χ4v) is 1.15. The Morgan fingerprint density at radius 1 is 1.07 bits per heavy atom. The molecule has 0 saturated carbocycles. The maximum absolute atomic E-state index is 9.33. The fourth-order valence-electron chi connectivity index (χ4n) is 1.15. The van der Waals surface area contributed by atoms with E-state index >= 15 is 0 Å². The van der Waals surface area contributed by atoms with Gasteiger partial charge in [-0.05, 0) is 19.9 Å². The Balaban J connectivity index is 3.49. The van der Waals surface area contributed by atoms with Crippen LogP contribution >= 0.6 is 0 Å². The van der Waals surface area contributed by atoms with Gasteiger partial charge in [0, 0.05) is 19.7 Å². The summed E-state index contributed by atoms with van der Waals surface area (Å²) < 4.78 is 0. The lowest BCUT2D eigenvalue weighted by molar-refractivity contribution is 0.0653. The van der Waals surface area contributed by atoms with E-state index < -0.39 is 12.2 Å². The first kappa shape index (κ1) is 13.8. The summed E-state index contributed by atoms with van der Waals surface area (Å²) >= 11 is 0. The number of aliphatic hydroxyl groups excluding tert-OH is 4. The van der Waals surface area contributed by atoms with Crippen LogP contribution in [0.3, 0.4) is 0 Å². The Labute approximate surface area is 84.6 Å². The number of rotatable bonds is 8. The Hall–Kier alpha value is -0.200. The molecule has 0 aliphatic rings. The standard InChI is InChI=1S/C9H21NO4/c1-10(4-2-9(14)7-12)6-8(13)3-5-11/h8-9,11-14H,2-7H2,1H3. The molecule has 5 nitrogen and oxygen atoms in total. The first-order chi connectivity index (χ1) is 6.60. The molecule has 0 spiro atoms. The van der Waals surface area contributed by atoms with Gasteiger partial charge in [-0.15, -0.1) is 0 Å². The van der Waals surface area contributed by atoms with Gasteiger partial charge in [-0.1, -0.05) is 0 Å². The molecule has 0 heterocycles. The lowest BCUT2D eigenvalue weighted by Crippen LogP contribution is -2.32. The molecule has 2 unspecified atom stereocenters. The minimum absolute atomic E-state index is 0.0196. The van der Waals surface area contributed by atoms with Crippen molar-refractivity contribution in [3.05, 3.63) is 0 Å². The number of hydrogen-bond donors (Lipinski definition) is 4. The van der Waals surface area contributed by atoms with Gasteiger partial charge in [-0.2, -0.15) is 0 Å². The van der Waals surface area contributed by atoms with Crippen LogP contribution in [-0.2, 0) is 0 Å². The molecule has 4 N–H and O–H groups in total. The van der Waals surface area contributed by atoms with Gasteiger partial charge < -0.3 is 25.3 Å². The molecule has 0 fully saturated rings. The van der Waals surface area contributed by atoms with Crippen LogP contribution in [0.5, 0.6) is 0 Å². The van der Waals surface area contributed by atoms with Crippen molar-refractivity contribution in [1.82, 2.24) is 4.90 Å². The van der Waals surface area contributed by atoms with Gasteiger partial charge in [0.1, 0.15) is 0 Å². The monoisotopic (exact) mass is 207 g/mol. The van der Waals surface area contributed by atoms with Gasteiger partial charge in [0.2, 0.25) is 0 Å². The fraction of sp³-hybridized carbons (Fsp3) is 1.00. The normalized spacial score (nSPS) is 15.9. The molecule has 0 aliphatic carbocycles. The summed E-state index contributed by atoms with van der Waals surface area (Å²) in [4.78, 5) is 1.86. The van der Waals surface area contributed by atoms with Gasteiger partial charge in [-0.3, -0.25) is 0 Å². The van der Waals surface area contributed by atoms with E-state index in [0.29, 0.717) is 25.9 Å². The van der Waals surface area contributed by atoms with E-state index in [9.17, 15) is 5.11 Å². The highest BCUT2D eigenvalue weighted by Crippen LogP contribution is 1.97. The molecular formula is C9H21NO4. The zero-order chi connectivity index (χ0) is 11.0. The largest absolute Gasteiger partial charge is 0.396 e. The van der Waals surface area contributed by atoms with Crippen LogP contribution in [0.25, 0.3) is 0 Å². The molecule has 86 valence electrons. The lowest BCUT2D eigenvalue weighted by atomic mass is 10.2. The number of likely N-dealkylation sites (N-methyl/N-ethyl adjacent to an activating group) is 1. The van der Waals surface area contributed by atoms with Gasteiger partial charge in [-0.25, -0.2) is 0 Å². The predicted molar refractivity (Wildman–Crippen MR) is 52.9 cm³/mol. The molecule has 2 atom stereocenters. The second-order valence-corrected chi connectivity index (χ2v) is 3.55. The quantitative estimate of drug-likeness (QED) is 0.385. The Kier molecular flexibility index (Phi) is 8.02. The molecule has 0 rings (SSSR count). The van der Waals surface area contributed by atoms with Crippen LogP contribution in [-0.4, -0.2) is 70.9 Å². The molecule has 0 aromatic carbocycles. The molecule has 5 heteroatoms. The molecule has 0 aromatic heterocycles. The van der Waals surface area contributed by atoms with Crippen LogP contribution in [0, 0.1) is 0 Å². The van der Waals surface area contributed by atoms with Crippen molar-refractivity contribution >= 4 is 0 Å². The summed E-state index contributed by atoms with van der Waals surface area (Å²) in [5.41, 5.74) is 0. The van der Waals surface area contributed by atoms with Crippen molar-refractivity contribution in [2.45, 2.75) is 25.0 Å². The number of nitrogens with zero attached hydrogens (tertiary/aromatic N) is 1. The second kappa shape index (κ2) is 8.14. The molecule has 0 radical (unpaired) electrons. The highest BCUT2D eigenvalue weighted by molar-refractivity contribution is 4.63. The van der Waals surface area contributed by atoms with Gasteiger partial charge in [0.15, 0.2) is 0 Å². The molecule has 0 bridgehead atoms. The highest BCUT2D eigenvalue weighted by atomic mass is 16.3. The van der Waals surface area contributed by atoms with Crippen molar-refractivity contribution in [2.24, 2.45) is 0 Å². The van der Waals surface area contributed by atoms with E-state index in [1.165, 1.54) is 0 Å². The SMILES string of the molecule is CN(CCC(O)CO)CC(O)CCO. The molecule has 0 aliphatic heterocycles. The van der Waals surface area contributed by atoms with E-state index in [-0.39, 0.29) is 13.2 Å². The first-order valence-corrected chi connectivity index (χ1v) is 4.86. The third-order valence-electron chi connectivity index (χ3n) is 2.04. The van der Waals surface area contributed by atoms with Crippen molar-refractivity contribution in [3.63, 3.8) is 0 Å². The summed E-state index contributed by atoms with van der Waals surface area (Å²) in [6.07, 6.45) is -0.366. The van der Waals surface area contributed by atoms with E-state index in [1.807, 2.05) is 11.9 Å². The Bertz CT molecular complexity index is 134. The molecule has 0 saturated heterocycles. The summed E-state index contributed by atoms with van der Waals surface area (Å²) in [7, 11) is 1.82. The molecule has 14 heavy (non-hydrogen) atoms. The number of aliphatic hydroxyl groups is 4. The van der Waals surface area contributed by atoms with Crippen molar-refractivity contribution in [2.75, 3.05) is 33.4 Å². The summed E-state index contributed by atoms with van der Waals surface area (Å²) in [6, 6.07) is 0. The zero-order valence-electron chi connectivity index (χ0n) is 8.63. The van der Waals surface area contributed by atoms with Crippen molar-refractivity contribution in [3.8, 4) is 0 Å². The van der Waals surface area contributed by atoms with Crippen molar-refractivity contribution in [1.29, 1.82) is 0 Å². The van der Waals surface area contributed by atoms with Gasteiger partial charge in [0.25, 0.3) is 0 Å². The maximum Gasteiger partial charge on any atom is 0.0783 e. The zero-order valence-corrected chi connectivity index (χ0v) is 8.63. The minimum Gasteiger partial charge on any atom is -0.396 e. The van der Waals surface area contributed by atoms with Gasteiger partial charge >= 0.3 is 0 Å². The topological polar surface area (TPSA) is 84.2 Å². The van der Waals surface area contributed by atoms with E-state index in [0.717, 1.165) is 0 Å². The third kappa shape index (κ3) is 7.23. The predicted octanol–water partition coefficient (Wildman–Crippen LogP) is -1.60. The van der Waals surface area contributed by atoms with Crippen LogP contribution in [0.4, 0.5) is 0 Å². The van der Waals surface area contributed by atoms with Crippen LogP contribution in [0.2, 0.25) is 0 Å².